The molecule has 13 nitrogen and oxygen atoms in total. The van der Waals surface area contributed by atoms with Gasteiger partial charge in [-0.25, -0.2) is 33.5 Å². The van der Waals surface area contributed by atoms with Crippen LogP contribution in [0.1, 0.15) is 56.9 Å². The molecule has 3 atom stereocenters. The number of anilines is 2. The average molecular weight is 700 g/mol. The second kappa shape index (κ2) is 12.8. The highest BCUT2D eigenvalue weighted by atomic mass is 19.3. The van der Waals surface area contributed by atoms with Crippen molar-refractivity contribution in [2.24, 2.45) is 0 Å². The van der Waals surface area contributed by atoms with Crippen LogP contribution < -0.4 is 14.5 Å². The van der Waals surface area contributed by atoms with Crippen LogP contribution >= 0.6 is 0 Å². The quantitative estimate of drug-likeness (QED) is 0.229. The van der Waals surface area contributed by atoms with Gasteiger partial charge in [-0.2, -0.15) is 0 Å². The largest absolute Gasteiger partial charge is 0.480 e. The van der Waals surface area contributed by atoms with E-state index in [0.717, 1.165) is 0 Å². The van der Waals surface area contributed by atoms with E-state index in [9.17, 15) is 18.7 Å². The topological polar surface area (TPSA) is 141 Å². The Morgan fingerprint density at radius 3 is 2.71 bits per heavy atom. The number of rotatable bonds is 7. The second-order valence-electron chi connectivity index (χ2n) is 13.3. The van der Waals surface area contributed by atoms with E-state index < -0.39 is 36.0 Å². The van der Waals surface area contributed by atoms with Gasteiger partial charge in [0.15, 0.2) is 23.0 Å². The van der Waals surface area contributed by atoms with Gasteiger partial charge in [-0.05, 0) is 44.9 Å². The summed E-state index contributed by atoms with van der Waals surface area (Å²) in [6.07, 6.45) is 1.55. The fourth-order valence-corrected chi connectivity index (χ4v) is 7.06. The molecule has 5 aromatic rings. The summed E-state index contributed by atoms with van der Waals surface area (Å²) < 4.78 is 54.5. The minimum absolute atomic E-state index is 0.0137. The molecule has 3 aliphatic heterocycles. The Morgan fingerprint density at radius 2 is 1.96 bits per heavy atom. The Bertz CT molecular complexity index is 2190. The molecule has 0 radical (unpaired) electrons. The number of alkyl halides is 2. The standard InChI is InChI=1S/C36H35F2N7O6/c1-20(2)43-11-10-39-28(43)9-8-22-14-25(44-12-13-49-36(21(44)3)18-48-19-36)34(40-16-22)50-23-15-26(35(46)47)45(17-23)33-30-29(41-32(42-33)31(37)38)24-6-4-5-7-27(24)51-30/h4-7,10-11,14,16,20-21,23,26,31H,12-13,15,17-19H2,1-3H3,(H,46,47)/t21-,23-,26-/m0/s1. The Kier molecular flexibility index (Phi) is 8.23. The van der Waals surface area contributed by atoms with E-state index >= 15 is 0 Å². The van der Waals surface area contributed by atoms with Gasteiger partial charge in [-0.3, -0.25) is 0 Å². The van der Waals surface area contributed by atoms with Crippen molar-refractivity contribution in [1.29, 1.82) is 0 Å². The number of hydrogen-bond acceptors (Lipinski definition) is 11. The highest BCUT2D eigenvalue weighted by molar-refractivity contribution is 6.06. The Labute approximate surface area is 291 Å². The second-order valence-corrected chi connectivity index (χ2v) is 13.3. The molecule has 0 unspecified atom stereocenters. The lowest BCUT2D eigenvalue weighted by atomic mass is 9.90. The molecule has 3 saturated heterocycles. The number of fused-ring (bicyclic) bond motifs is 3. The SMILES string of the molecule is CC(C)n1ccnc1C#Cc1cnc(O[C@H]2C[C@@H](C(=O)O)N(c3nc(C(F)F)nc4c3oc3ccccc34)C2)c(N2CCOC3(COC3)[C@@H]2C)c1. The van der Waals surface area contributed by atoms with Crippen LogP contribution in [0.15, 0.2) is 53.3 Å². The number of carbonyl (C=O) groups is 1. The van der Waals surface area contributed by atoms with Gasteiger partial charge in [0.25, 0.3) is 6.43 Å². The van der Waals surface area contributed by atoms with Crippen LogP contribution in [0.4, 0.5) is 20.3 Å². The molecule has 8 rings (SSSR count). The van der Waals surface area contributed by atoms with Crippen molar-refractivity contribution >= 4 is 39.5 Å². The number of aliphatic carboxylic acids is 1. The Hall–Kier alpha value is -5.33. The molecular formula is C36H35F2N7O6. The van der Waals surface area contributed by atoms with Gasteiger partial charge in [0.2, 0.25) is 5.88 Å². The van der Waals surface area contributed by atoms with Crippen molar-refractivity contribution < 1.29 is 37.3 Å². The summed E-state index contributed by atoms with van der Waals surface area (Å²) >= 11 is 0. The van der Waals surface area contributed by atoms with E-state index in [1.165, 1.54) is 4.90 Å². The number of pyridine rings is 1. The molecule has 3 fully saturated rings. The van der Waals surface area contributed by atoms with Gasteiger partial charge in [0.1, 0.15) is 34.5 Å². The van der Waals surface area contributed by atoms with Crippen LogP contribution in [-0.4, -0.2) is 92.3 Å². The van der Waals surface area contributed by atoms with E-state index in [4.69, 9.17) is 23.6 Å². The number of carboxylic acids is 1. The van der Waals surface area contributed by atoms with Gasteiger partial charge in [0.05, 0.1) is 32.4 Å². The highest BCUT2D eigenvalue weighted by Gasteiger charge is 2.50. The Morgan fingerprint density at radius 1 is 1.14 bits per heavy atom. The molecule has 51 heavy (non-hydrogen) atoms. The summed E-state index contributed by atoms with van der Waals surface area (Å²) in [6.45, 7) is 8.11. The van der Waals surface area contributed by atoms with Crippen LogP contribution in [0.5, 0.6) is 5.88 Å². The molecule has 1 spiro atoms. The van der Waals surface area contributed by atoms with Crippen LogP contribution in [-0.2, 0) is 14.3 Å². The van der Waals surface area contributed by atoms with Crippen molar-refractivity contribution in [3.63, 3.8) is 0 Å². The number of halogens is 2. The minimum Gasteiger partial charge on any atom is -0.480 e. The predicted octanol–water partition coefficient (Wildman–Crippen LogP) is 4.99. The molecule has 4 aromatic heterocycles. The molecule has 0 aliphatic carbocycles. The van der Waals surface area contributed by atoms with Crippen molar-refractivity contribution in [2.75, 3.05) is 42.7 Å². The maximum atomic E-state index is 14.1. The lowest BCUT2D eigenvalue weighted by Gasteiger charge is -2.53. The summed E-state index contributed by atoms with van der Waals surface area (Å²) in [5.74, 6) is 5.35. The first kappa shape index (κ1) is 32.9. The fraction of sp³-hybridized carbons (Fsp3) is 0.417. The molecular weight excluding hydrogens is 664 g/mol. The number of furan rings is 1. The minimum atomic E-state index is -2.99. The van der Waals surface area contributed by atoms with Crippen LogP contribution in [0, 0.1) is 11.8 Å². The summed E-state index contributed by atoms with van der Waals surface area (Å²) in [4.78, 5) is 33.6. The number of imidazole rings is 1. The molecule has 1 N–H and O–H groups in total. The van der Waals surface area contributed by atoms with E-state index in [-0.39, 0.29) is 47.8 Å². The van der Waals surface area contributed by atoms with Gasteiger partial charge in [-0.15, -0.1) is 0 Å². The Balaban J connectivity index is 1.16. The fourth-order valence-electron chi connectivity index (χ4n) is 7.06. The van der Waals surface area contributed by atoms with Crippen LogP contribution in [0.2, 0.25) is 0 Å². The van der Waals surface area contributed by atoms with Gasteiger partial charge >= 0.3 is 5.97 Å². The third-order valence-electron chi connectivity index (χ3n) is 9.84. The van der Waals surface area contributed by atoms with E-state index in [2.05, 4.69) is 52.5 Å². The van der Waals surface area contributed by atoms with E-state index in [1.807, 2.05) is 16.8 Å². The predicted molar refractivity (Wildman–Crippen MR) is 181 cm³/mol. The van der Waals surface area contributed by atoms with Crippen molar-refractivity contribution in [3.05, 3.63) is 66.1 Å². The van der Waals surface area contributed by atoms with E-state index in [0.29, 0.717) is 54.4 Å². The van der Waals surface area contributed by atoms with Crippen molar-refractivity contribution in [1.82, 2.24) is 24.5 Å². The monoisotopic (exact) mass is 699 g/mol. The smallest absolute Gasteiger partial charge is 0.326 e. The van der Waals surface area contributed by atoms with Crippen LogP contribution in [0.25, 0.3) is 22.1 Å². The normalized spacial score (nSPS) is 21.4. The molecule has 15 heteroatoms. The summed E-state index contributed by atoms with van der Waals surface area (Å²) in [6, 6.07) is 7.75. The number of aromatic nitrogens is 5. The molecule has 3 aliphatic rings. The molecule has 7 heterocycles. The zero-order chi connectivity index (χ0) is 35.4. The number of hydrogen-bond donors (Lipinski definition) is 1. The van der Waals surface area contributed by atoms with Gasteiger partial charge < -0.3 is 38.1 Å². The number of benzene rings is 1. The maximum absolute atomic E-state index is 14.1. The number of ether oxygens (including phenoxy) is 3. The van der Waals surface area contributed by atoms with Crippen LogP contribution in [0.3, 0.4) is 0 Å². The lowest BCUT2D eigenvalue weighted by Crippen LogP contribution is -2.68. The molecule has 0 amide bonds. The van der Waals surface area contributed by atoms with Crippen molar-refractivity contribution in [2.45, 2.75) is 63.4 Å². The first-order chi connectivity index (χ1) is 24.6. The van der Waals surface area contributed by atoms with Crippen molar-refractivity contribution in [3.8, 4) is 17.7 Å². The molecule has 264 valence electrons. The molecule has 1 aromatic carbocycles. The number of para-hydroxylation sites is 1. The number of morpholine rings is 1. The number of carboxylic acid groups (broad SMARTS) is 1. The zero-order valence-electron chi connectivity index (χ0n) is 28.1. The first-order valence-electron chi connectivity index (χ1n) is 16.8. The van der Waals surface area contributed by atoms with Gasteiger partial charge in [-0.1, -0.05) is 18.1 Å². The first-order valence-corrected chi connectivity index (χ1v) is 16.8. The summed E-state index contributed by atoms with van der Waals surface area (Å²) in [5, 5.41) is 10.9. The third-order valence-corrected chi connectivity index (χ3v) is 9.84. The van der Waals surface area contributed by atoms with Gasteiger partial charge in [0, 0.05) is 48.5 Å². The lowest BCUT2D eigenvalue weighted by molar-refractivity contribution is -0.228. The summed E-state index contributed by atoms with van der Waals surface area (Å²) in [7, 11) is 0. The van der Waals surface area contributed by atoms with E-state index in [1.54, 1.807) is 36.7 Å². The number of nitrogens with zero attached hydrogens (tertiary/aromatic N) is 7. The zero-order valence-corrected chi connectivity index (χ0v) is 28.1. The molecule has 0 saturated carbocycles. The highest BCUT2D eigenvalue weighted by Crippen LogP contribution is 2.41. The maximum Gasteiger partial charge on any atom is 0.326 e. The third kappa shape index (κ3) is 5.78. The average Bonchev–Trinajstić information content (AvgIpc) is 3.84. The summed E-state index contributed by atoms with van der Waals surface area (Å²) in [5.41, 5.74) is 1.56. The molecule has 0 bridgehead atoms.